The molecule has 90 valence electrons. The summed E-state index contributed by atoms with van der Waals surface area (Å²) in [7, 11) is 0. The highest BCUT2D eigenvalue weighted by atomic mass is 16.3. The van der Waals surface area contributed by atoms with Crippen molar-refractivity contribution >= 4 is 0 Å². The van der Waals surface area contributed by atoms with Gasteiger partial charge in [-0.25, -0.2) is 4.98 Å². The van der Waals surface area contributed by atoms with Crippen molar-refractivity contribution in [1.29, 1.82) is 0 Å². The Morgan fingerprint density at radius 2 is 2.31 bits per heavy atom. The predicted molar refractivity (Wildman–Crippen MR) is 63.0 cm³/mol. The molecule has 1 heterocycles. The van der Waals surface area contributed by atoms with E-state index in [1.807, 2.05) is 26.4 Å². The Hall–Kier alpha value is -0.870. The molecule has 0 saturated heterocycles. The van der Waals surface area contributed by atoms with Crippen molar-refractivity contribution in [3.63, 3.8) is 0 Å². The highest BCUT2D eigenvalue weighted by molar-refractivity contribution is 5.03. The minimum Gasteiger partial charge on any atom is -0.392 e. The van der Waals surface area contributed by atoms with Crippen LogP contribution in [0.15, 0.2) is 12.5 Å². The van der Waals surface area contributed by atoms with Crippen LogP contribution in [0.1, 0.15) is 38.4 Å². The summed E-state index contributed by atoms with van der Waals surface area (Å²) in [6, 6.07) is 0.675. The maximum atomic E-state index is 9.66. The van der Waals surface area contributed by atoms with Crippen LogP contribution < -0.4 is 5.32 Å². The van der Waals surface area contributed by atoms with Gasteiger partial charge in [0.1, 0.15) is 0 Å². The van der Waals surface area contributed by atoms with E-state index in [1.54, 1.807) is 0 Å². The van der Waals surface area contributed by atoms with Crippen molar-refractivity contribution in [2.45, 2.75) is 45.4 Å². The molecular formula is C12H21N3O. The first-order chi connectivity index (χ1) is 7.68. The van der Waals surface area contributed by atoms with Gasteiger partial charge in [0.2, 0.25) is 0 Å². The summed E-state index contributed by atoms with van der Waals surface area (Å²) >= 11 is 0. The maximum Gasteiger partial charge on any atom is 0.0951 e. The highest BCUT2D eigenvalue weighted by Gasteiger charge is 2.24. The molecule has 1 aromatic rings. The predicted octanol–water partition coefficient (Wildman–Crippen LogP) is 1.32. The van der Waals surface area contributed by atoms with Crippen molar-refractivity contribution in [2.24, 2.45) is 5.92 Å². The van der Waals surface area contributed by atoms with Gasteiger partial charge in [-0.2, -0.15) is 0 Å². The van der Waals surface area contributed by atoms with Gasteiger partial charge in [0, 0.05) is 25.3 Å². The van der Waals surface area contributed by atoms with Crippen LogP contribution >= 0.6 is 0 Å². The van der Waals surface area contributed by atoms with Gasteiger partial charge in [-0.3, -0.25) is 0 Å². The molecule has 0 radical (unpaired) electrons. The van der Waals surface area contributed by atoms with Crippen molar-refractivity contribution < 1.29 is 5.11 Å². The Kier molecular flexibility index (Phi) is 3.61. The molecule has 1 aromatic heterocycles. The van der Waals surface area contributed by atoms with Gasteiger partial charge in [-0.15, -0.1) is 0 Å². The molecule has 1 saturated carbocycles. The zero-order chi connectivity index (χ0) is 11.5. The van der Waals surface area contributed by atoms with Gasteiger partial charge >= 0.3 is 0 Å². The van der Waals surface area contributed by atoms with E-state index in [2.05, 4.69) is 14.9 Å². The molecular weight excluding hydrogens is 202 g/mol. The zero-order valence-electron chi connectivity index (χ0n) is 10.1. The summed E-state index contributed by atoms with van der Waals surface area (Å²) in [5, 5.41) is 12.9. The number of imidazole rings is 1. The third-order valence-electron chi connectivity index (χ3n) is 3.12. The Morgan fingerprint density at radius 3 is 2.94 bits per heavy atom. The van der Waals surface area contributed by atoms with Crippen LogP contribution in [0.2, 0.25) is 0 Å². The van der Waals surface area contributed by atoms with Crippen molar-refractivity contribution in [1.82, 2.24) is 14.9 Å². The second kappa shape index (κ2) is 4.97. The number of rotatable bonds is 6. The van der Waals surface area contributed by atoms with Crippen molar-refractivity contribution in [3.8, 4) is 0 Å². The molecule has 16 heavy (non-hydrogen) atoms. The SMILES string of the molecule is CC(C)C(O)CNCc1cncn1C1CC1. The van der Waals surface area contributed by atoms with E-state index in [0.717, 1.165) is 6.54 Å². The van der Waals surface area contributed by atoms with Crippen LogP contribution in [-0.2, 0) is 6.54 Å². The molecule has 2 rings (SSSR count). The molecule has 2 N–H and O–H groups in total. The number of hydrogen-bond donors (Lipinski definition) is 2. The average Bonchev–Trinajstić information content (AvgIpc) is 2.99. The smallest absolute Gasteiger partial charge is 0.0951 e. The van der Waals surface area contributed by atoms with Crippen LogP contribution in [0.3, 0.4) is 0 Å². The van der Waals surface area contributed by atoms with E-state index in [0.29, 0.717) is 18.5 Å². The summed E-state index contributed by atoms with van der Waals surface area (Å²) in [6.45, 7) is 5.50. The van der Waals surface area contributed by atoms with Gasteiger partial charge in [-0.1, -0.05) is 13.8 Å². The maximum absolute atomic E-state index is 9.66. The lowest BCUT2D eigenvalue weighted by molar-refractivity contribution is 0.123. The van der Waals surface area contributed by atoms with E-state index in [9.17, 15) is 5.11 Å². The first kappa shape index (κ1) is 11.6. The summed E-state index contributed by atoms with van der Waals surface area (Å²) in [6.07, 6.45) is 6.11. The lowest BCUT2D eigenvalue weighted by Gasteiger charge is -2.15. The summed E-state index contributed by atoms with van der Waals surface area (Å²) < 4.78 is 2.24. The van der Waals surface area contributed by atoms with E-state index in [1.165, 1.54) is 18.5 Å². The third-order valence-corrected chi connectivity index (χ3v) is 3.12. The van der Waals surface area contributed by atoms with Gasteiger partial charge in [0.15, 0.2) is 0 Å². The monoisotopic (exact) mass is 223 g/mol. The molecule has 1 atom stereocenters. The Bertz CT molecular complexity index is 331. The number of nitrogens with one attached hydrogen (secondary N) is 1. The fourth-order valence-electron chi connectivity index (χ4n) is 1.73. The van der Waals surface area contributed by atoms with Crippen LogP contribution in [-0.4, -0.2) is 27.3 Å². The first-order valence-corrected chi connectivity index (χ1v) is 6.08. The molecule has 0 aromatic carbocycles. The normalized spacial score (nSPS) is 18.0. The van der Waals surface area contributed by atoms with E-state index in [-0.39, 0.29) is 6.10 Å². The number of aromatic nitrogens is 2. The second-order valence-electron chi connectivity index (χ2n) is 4.97. The van der Waals surface area contributed by atoms with Crippen LogP contribution in [0.25, 0.3) is 0 Å². The Balaban J connectivity index is 1.78. The molecule has 1 fully saturated rings. The number of hydrogen-bond acceptors (Lipinski definition) is 3. The topological polar surface area (TPSA) is 50.1 Å². The van der Waals surface area contributed by atoms with Crippen molar-refractivity contribution in [2.75, 3.05) is 6.54 Å². The number of aliphatic hydroxyl groups excluding tert-OH is 1. The average molecular weight is 223 g/mol. The number of nitrogens with zero attached hydrogens (tertiary/aromatic N) is 2. The summed E-state index contributed by atoms with van der Waals surface area (Å²) in [5.41, 5.74) is 1.22. The Labute approximate surface area is 96.7 Å². The van der Waals surface area contributed by atoms with Gasteiger partial charge in [-0.05, 0) is 18.8 Å². The van der Waals surface area contributed by atoms with Gasteiger partial charge < -0.3 is 15.0 Å². The second-order valence-corrected chi connectivity index (χ2v) is 4.97. The fraction of sp³-hybridized carbons (Fsp3) is 0.750. The van der Waals surface area contributed by atoms with Crippen LogP contribution in [0.4, 0.5) is 0 Å². The molecule has 1 unspecified atom stereocenters. The van der Waals surface area contributed by atoms with Gasteiger partial charge in [0.25, 0.3) is 0 Å². The lowest BCUT2D eigenvalue weighted by Crippen LogP contribution is -2.30. The van der Waals surface area contributed by atoms with E-state index >= 15 is 0 Å². The Morgan fingerprint density at radius 1 is 1.56 bits per heavy atom. The molecule has 0 spiro atoms. The highest BCUT2D eigenvalue weighted by Crippen LogP contribution is 2.35. The quantitative estimate of drug-likeness (QED) is 0.765. The minimum atomic E-state index is -0.266. The van der Waals surface area contributed by atoms with Crippen LogP contribution in [0, 0.1) is 5.92 Å². The molecule has 1 aliphatic rings. The van der Waals surface area contributed by atoms with E-state index in [4.69, 9.17) is 0 Å². The summed E-state index contributed by atoms with van der Waals surface area (Å²) in [4.78, 5) is 4.18. The van der Waals surface area contributed by atoms with Gasteiger partial charge in [0.05, 0.1) is 18.1 Å². The van der Waals surface area contributed by atoms with Crippen molar-refractivity contribution in [3.05, 3.63) is 18.2 Å². The number of aliphatic hydroxyl groups is 1. The molecule has 0 aliphatic heterocycles. The largest absolute Gasteiger partial charge is 0.392 e. The fourth-order valence-corrected chi connectivity index (χ4v) is 1.73. The molecule has 4 heteroatoms. The standard InChI is InChI=1S/C12H21N3O/c1-9(2)12(16)7-13-5-11-6-14-8-15(11)10-3-4-10/h6,8-10,12-13,16H,3-5,7H2,1-2H3. The first-order valence-electron chi connectivity index (χ1n) is 6.08. The molecule has 4 nitrogen and oxygen atoms in total. The third kappa shape index (κ3) is 2.83. The van der Waals surface area contributed by atoms with E-state index < -0.39 is 0 Å². The molecule has 1 aliphatic carbocycles. The molecule has 0 bridgehead atoms. The zero-order valence-corrected chi connectivity index (χ0v) is 10.1. The minimum absolute atomic E-state index is 0.266. The summed E-state index contributed by atoms with van der Waals surface area (Å²) in [5.74, 6) is 0.306. The molecule has 0 amide bonds. The van der Waals surface area contributed by atoms with Crippen LogP contribution in [0.5, 0.6) is 0 Å². The lowest BCUT2D eigenvalue weighted by atomic mass is 10.1.